The monoisotopic (exact) mass is 382 g/mol. The average Bonchev–Trinajstić information content (AvgIpc) is 2.76. The third-order valence-corrected chi connectivity index (χ3v) is 5.21. The fraction of sp³-hybridized carbons (Fsp3) is 0.450. The van der Waals surface area contributed by atoms with Crippen LogP contribution in [-0.2, 0) is 4.74 Å². The predicted molar refractivity (Wildman–Crippen MR) is 109 cm³/mol. The summed E-state index contributed by atoms with van der Waals surface area (Å²) in [5.74, 6) is 0.518. The molecule has 2 fully saturated rings. The van der Waals surface area contributed by atoms with Crippen molar-refractivity contribution in [2.45, 2.75) is 0 Å². The number of carbonyl (C=O) groups excluding carboxylic acids is 1. The third-order valence-electron chi connectivity index (χ3n) is 5.21. The topological polar surface area (TPSA) is 73.8 Å². The first kappa shape index (κ1) is 18.6. The lowest BCUT2D eigenvalue weighted by molar-refractivity contribution is 0.102. The maximum atomic E-state index is 12.5. The fourth-order valence-corrected chi connectivity index (χ4v) is 3.42. The van der Waals surface area contributed by atoms with Gasteiger partial charge in [-0.1, -0.05) is 0 Å². The minimum atomic E-state index is -0.256. The first-order valence-electron chi connectivity index (χ1n) is 9.70. The van der Waals surface area contributed by atoms with Gasteiger partial charge in [0.2, 0.25) is 0 Å². The van der Waals surface area contributed by atoms with E-state index in [-0.39, 0.29) is 5.91 Å². The largest absolute Gasteiger partial charge is 0.378 e. The van der Waals surface area contributed by atoms with E-state index in [4.69, 9.17) is 4.74 Å². The van der Waals surface area contributed by atoms with E-state index >= 15 is 0 Å². The van der Waals surface area contributed by atoms with E-state index in [1.165, 1.54) is 5.69 Å². The maximum absolute atomic E-state index is 12.5. The Labute approximate surface area is 165 Å². The van der Waals surface area contributed by atoms with Crippen molar-refractivity contribution in [3.63, 3.8) is 0 Å². The van der Waals surface area contributed by atoms with E-state index in [0.29, 0.717) is 18.9 Å². The second kappa shape index (κ2) is 8.53. The zero-order chi connectivity index (χ0) is 19.3. The second-order valence-electron chi connectivity index (χ2n) is 7.17. The van der Waals surface area contributed by atoms with Gasteiger partial charge < -0.3 is 24.8 Å². The molecule has 0 radical (unpaired) electrons. The molecule has 0 spiro atoms. The van der Waals surface area contributed by atoms with Gasteiger partial charge in [0, 0.05) is 50.6 Å². The normalized spacial score (nSPS) is 18.2. The lowest BCUT2D eigenvalue weighted by Gasteiger charge is -2.34. The van der Waals surface area contributed by atoms with Crippen LogP contribution in [0, 0.1) is 0 Å². The van der Waals surface area contributed by atoms with Gasteiger partial charge >= 0.3 is 0 Å². The molecule has 1 N–H and O–H groups in total. The molecule has 2 saturated heterocycles. The quantitative estimate of drug-likeness (QED) is 0.855. The van der Waals surface area contributed by atoms with E-state index in [9.17, 15) is 4.79 Å². The van der Waals surface area contributed by atoms with Gasteiger partial charge in [-0.25, -0.2) is 0 Å². The van der Waals surface area contributed by atoms with Crippen molar-refractivity contribution in [1.82, 2.24) is 15.1 Å². The fourth-order valence-electron chi connectivity index (χ4n) is 3.42. The summed E-state index contributed by atoms with van der Waals surface area (Å²) >= 11 is 0. The molecule has 2 aliphatic rings. The van der Waals surface area contributed by atoms with Crippen molar-refractivity contribution in [3.05, 3.63) is 42.1 Å². The van der Waals surface area contributed by atoms with Gasteiger partial charge in [0.25, 0.3) is 5.91 Å². The zero-order valence-corrected chi connectivity index (χ0v) is 16.2. The molecule has 28 heavy (non-hydrogen) atoms. The molecule has 0 aliphatic carbocycles. The highest BCUT2D eigenvalue weighted by Crippen LogP contribution is 2.20. The van der Waals surface area contributed by atoms with Gasteiger partial charge in [-0.3, -0.25) is 4.79 Å². The molecule has 0 bridgehead atoms. The smallest absolute Gasteiger partial charge is 0.276 e. The molecule has 1 amide bonds. The van der Waals surface area contributed by atoms with Crippen molar-refractivity contribution in [2.75, 3.05) is 74.6 Å². The average molecular weight is 382 g/mol. The lowest BCUT2D eigenvalue weighted by atomic mass is 10.2. The number of amides is 1. The Balaban J connectivity index is 1.35. The Morgan fingerprint density at radius 1 is 0.893 bits per heavy atom. The Morgan fingerprint density at radius 3 is 2.25 bits per heavy atom. The summed E-state index contributed by atoms with van der Waals surface area (Å²) in [6.45, 7) is 7.14. The Kier molecular flexibility index (Phi) is 5.68. The molecule has 0 saturated carbocycles. The minimum Gasteiger partial charge on any atom is -0.378 e. The van der Waals surface area contributed by atoms with Crippen LogP contribution in [0.25, 0.3) is 0 Å². The van der Waals surface area contributed by atoms with Gasteiger partial charge in [-0.2, -0.15) is 0 Å². The number of aromatic nitrogens is 2. The van der Waals surface area contributed by atoms with Crippen molar-refractivity contribution in [3.8, 4) is 0 Å². The van der Waals surface area contributed by atoms with Gasteiger partial charge in [0.1, 0.15) is 0 Å². The number of nitrogens with zero attached hydrogens (tertiary/aromatic N) is 5. The van der Waals surface area contributed by atoms with Crippen LogP contribution in [0.3, 0.4) is 0 Å². The van der Waals surface area contributed by atoms with E-state index < -0.39 is 0 Å². The van der Waals surface area contributed by atoms with Crippen molar-refractivity contribution in [2.24, 2.45) is 0 Å². The number of hydrogen-bond acceptors (Lipinski definition) is 7. The number of ether oxygens (including phenoxy) is 1. The number of nitrogens with one attached hydrogen (secondary N) is 1. The first-order chi connectivity index (χ1) is 13.7. The number of likely N-dealkylation sites (N-methyl/N-ethyl adjacent to an activating group) is 1. The highest BCUT2D eigenvalue weighted by atomic mass is 16.5. The van der Waals surface area contributed by atoms with E-state index in [0.717, 1.165) is 50.8 Å². The summed E-state index contributed by atoms with van der Waals surface area (Å²) in [5.41, 5.74) is 2.24. The Hall–Kier alpha value is -2.71. The number of rotatable bonds is 4. The number of anilines is 3. The molecule has 148 valence electrons. The van der Waals surface area contributed by atoms with E-state index in [1.54, 1.807) is 6.07 Å². The summed E-state index contributed by atoms with van der Waals surface area (Å²) in [7, 11) is 2.15. The van der Waals surface area contributed by atoms with Crippen LogP contribution in [0.1, 0.15) is 10.5 Å². The molecule has 0 atom stereocenters. The molecular formula is C20H26N6O2. The number of morpholine rings is 1. The molecule has 2 aromatic rings. The SMILES string of the molecule is CN1CCN(c2ccc(NC(=O)c3ccc(N4CCOCC4)nn3)cc2)CC1. The molecule has 1 aromatic carbocycles. The van der Waals surface area contributed by atoms with Crippen LogP contribution in [0.4, 0.5) is 17.2 Å². The number of hydrogen-bond donors (Lipinski definition) is 1. The van der Waals surface area contributed by atoms with E-state index in [1.807, 2.05) is 30.3 Å². The van der Waals surface area contributed by atoms with Gasteiger partial charge in [-0.15, -0.1) is 10.2 Å². The predicted octanol–water partition coefficient (Wildman–Crippen LogP) is 1.32. The molecule has 1 aromatic heterocycles. The summed E-state index contributed by atoms with van der Waals surface area (Å²) < 4.78 is 5.34. The summed E-state index contributed by atoms with van der Waals surface area (Å²) in [6.07, 6.45) is 0. The van der Waals surface area contributed by atoms with Crippen LogP contribution < -0.4 is 15.1 Å². The Bertz CT molecular complexity index is 781. The second-order valence-corrected chi connectivity index (χ2v) is 7.17. The molecule has 8 heteroatoms. The lowest BCUT2D eigenvalue weighted by Crippen LogP contribution is -2.44. The van der Waals surface area contributed by atoms with Crippen molar-refractivity contribution < 1.29 is 9.53 Å². The summed E-state index contributed by atoms with van der Waals surface area (Å²) in [6, 6.07) is 11.5. The summed E-state index contributed by atoms with van der Waals surface area (Å²) in [5, 5.41) is 11.2. The minimum absolute atomic E-state index is 0.256. The zero-order valence-electron chi connectivity index (χ0n) is 16.2. The number of carbonyl (C=O) groups is 1. The molecule has 0 unspecified atom stereocenters. The van der Waals surface area contributed by atoms with Crippen LogP contribution in [-0.4, -0.2) is 80.5 Å². The van der Waals surface area contributed by atoms with Gasteiger partial charge in [0.05, 0.1) is 13.2 Å². The van der Waals surface area contributed by atoms with Gasteiger partial charge in [-0.05, 0) is 43.4 Å². The standard InChI is InChI=1S/C20H26N6O2/c1-24-8-10-25(11-9-24)17-4-2-16(3-5-17)21-20(27)18-6-7-19(23-22-18)26-12-14-28-15-13-26/h2-7H,8-15H2,1H3,(H,21,27). The maximum Gasteiger partial charge on any atom is 0.276 e. The van der Waals surface area contributed by atoms with Crippen molar-refractivity contribution in [1.29, 1.82) is 0 Å². The number of piperazine rings is 1. The summed E-state index contributed by atoms with van der Waals surface area (Å²) in [4.78, 5) is 19.3. The number of benzene rings is 1. The van der Waals surface area contributed by atoms with Crippen LogP contribution >= 0.6 is 0 Å². The highest BCUT2D eigenvalue weighted by molar-refractivity contribution is 6.02. The molecule has 8 nitrogen and oxygen atoms in total. The Morgan fingerprint density at radius 2 is 1.61 bits per heavy atom. The van der Waals surface area contributed by atoms with Crippen LogP contribution in [0.5, 0.6) is 0 Å². The van der Waals surface area contributed by atoms with Gasteiger partial charge in [0.15, 0.2) is 11.5 Å². The van der Waals surface area contributed by atoms with Crippen molar-refractivity contribution >= 4 is 23.1 Å². The molecule has 3 heterocycles. The molecular weight excluding hydrogens is 356 g/mol. The highest BCUT2D eigenvalue weighted by Gasteiger charge is 2.16. The van der Waals surface area contributed by atoms with E-state index in [2.05, 4.69) is 37.3 Å². The first-order valence-corrected chi connectivity index (χ1v) is 9.70. The van der Waals surface area contributed by atoms with Crippen LogP contribution in [0.15, 0.2) is 36.4 Å². The molecule has 2 aliphatic heterocycles. The third kappa shape index (κ3) is 4.40. The van der Waals surface area contributed by atoms with Crippen LogP contribution in [0.2, 0.25) is 0 Å². The molecule has 4 rings (SSSR count).